The van der Waals surface area contributed by atoms with Crippen molar-refractivity contribution in [3.63, 3.8) is 0 Å². The SMILES string of the molecule is O=C(C1=C(O)C(=O)N(Cc2cccnc2)[C@H]1c1cccc(OCc2ccccc2)c1)c1cccs1. The predicted molar refractivity (Wildman–Crippen MR) is 133 cm³/mol. The second-order valence-corrected chi connectivity index (χ2v) is 9.06. The molecule has 3 heterocycles. The summed E-state index contributed by atoms with van der Waals surface area (Å²) in [6.07, 6.45) is 3.32. The molecule has 35 heavy (non-hydrogen) atoms. The lowest BCUT2D eigenvalue weighted by molar-refractivity contribution is -0.130. The maximum Gasteiger partial charge on any atom is 0.290 e. The average Bonchev–Trinajstić information content (AvgIpc) is 3.52. The first kappa shape index (κ1) is 22.6. The Labute approximate surface area is 206 Å². The second kappa shape index (κ2) is 9.95. The molecule has 0 saturated carbocycles. The Hall–Kier alpha value is -4.23. The van der Waals surface area contributed by atoms with Gasteiger partial charge in [0, 0.05) is 18.9 Å². The first-order valence-electron chi connectivity index (χ1n) is 11.1. The number of aliphatic hydroxyl groups is 1. The van der Waals surface area contributed by atoms with Crippen molar-refractivity contribution < 1.29 is 19.4 Å². The Balaban J connectivity index is 1.51. The highest BCUT2D eigenvalue weighted by atomic mass is 32.1. The van der Waals surface area contributed by atoms with Crippen molar-refractivity contribution in [3.05, 3.63) is 130 Å². The number of carbonyl (C=O) groups is 2. The number of ether oxygens (including phenoxy) is 1. The molecular formula is C28H22N2O4S. The van der Waals surface area contributed by atoms with E-state index in [2.05, 4.69) is 4.98 Å². The van der Waals surface area contributed by atoms with Gasteiger partial charge in [-0.2, -0.15) is 0 Å². The van der Waals surface area contributed by atoms with Gasteiger partial charge in [0.05, 0.1) is 16.5 Å². The van der Waals surface area contributed by atoms with Crippen molar-refractivity contribution in [2.45, 2.75) is 19.2 Å². The number of hydrogen-bond donors (Lipinski definition) is 1. The van der Waals surface area contributed by atoms with E-state index in [1.807, 2.05) is 60.7 Å². The van der Waals surface area contributed by atoms with E-state index in [0.717, 1.165) is 11.1 Å². The lowest BCUT2D eigenvalue weighted by Crippen LogP contribution is -2.30. The molecule has 2 aromatic carbocycles. The van der Waals surface area contributed by atoms with Crippen molar-refractivity contribution >= 4 is 23.0 Å². The molecular weight excluding hydrogens is 460 g/mol. The number of thiophene rings is 1. The van der Waals surface area contributed by atoms with Crippen LogP contribution in [0.1, 0.15) is 32.4 Å². The maximum atomic E-state index is 13.4. The number of ketones is 1. The number of Topliss-reactive ketones (excluding diaryl/α,β-unsaturated/α-hetero) is 1. The molecule has 1 aliphatic heterocycles. The fourth-order valence-electron chi connectivity index (χ4n) is 4.14. The third kappa shape index (κ3) is 4.72. The number of rotatable bonds is 8. The van der Waals surface area contributed by atoms with Crippen LogP contribution >= 0.6 is 11.3 Å². The summed E-state index contributed by atoms with van der Waals surface area (Å²) < 4.78 is 5.99. The van der Waals surface area contributed by atoms with Crippen molar-refractivity contribution in [2.24, 2.45) is 0 Å². The Bertz CT molecular complexity index is 1370. The summed E-state index contributed by atoms with van der Waals surface area (Å²) >= 11 is 1.27. The third-order valence-corrected chi connectivity index (χ3v) is 6.66. The van der Waals surface area contributed by atoms with E-state index < -0.39 is 17.7 Å². The summed E-state index contributed by atoms with van der Waals surface area (Å²) in [7, 11) is 0. The van der Waals surface area contributed by atoms with Crippen LogP contribution in [0.3, 0.4) is 0 Å². The Morgan fingerprint density at radius 2 is 1.83 bits per heavy atom. The molecule has 0 bridgehead atoms. The fourth-order valence-corrected chi connectivity index (χ4v) is 4.82. The Kier molecular flexibility index (Phi) is 6.41. The maximum absolute atomic E-state index is 13.4. The van der Waals surface area contributed by atoms with Gasteiger partial charge in [-0.1, -0.05) is 54.6 Å². The second-order valence-electron chi connectivity index (χ2n) is 8.11. The van der Waals surface area contributed by atoms with Crippen molar-refractivity contribution in [2.75, 3.05) is 0 Å². The zero-order chi connectivity index (χ0) is 24.2. The van der Waals surface area contributed by atoms with Gasteiger partial charge >= 0.3 is 0 Å². The van der Waals surface area contributed by atoms with Crippen LogP contribution in [-0.2, 0) is 17.9 Å². The Morgan fingerprint density at radius 3 is 2.57 bits per heavy atom. The van der Waals surface area contributed by atoms with Crippen LogP contribution in [0.25, 0.3) is 0 Å². The number of nitrogens with zero attached hydrogens (tertiary/aromatic N) is 2. The largest absolute Gasteiger partial charge is 0.503 e. The third-order valence-electron chi connectivity index (χ3n) is 5.79. The molecule has 0 spiro atoms. The van der Waals surface area contributed by atoms with Crippen LogP contribution in [0.4, 0.5) is 0 Å². The van der Waals surface area contributed by atoms with Crippen LogP contribution in [0.5, 0.6) is 5.75 Å². The fraction of sp³-hybridized carbons (Fsp3) is 0.107. The van der Waals surface area contributed by atoms with Gasteiger partial charge in [0.25, 0.3) is 5.91 Å². The topological polar surface area (TPSA) is 79.7 Å². The number of hydrogen-bond acceptors (Lipinski definition) is 6. The number of carbonyl (C=O) groups excluding carboxylic acids is 2. The summed E-state index contributed by atoms with van der Waals surface area (Å²) in [5.41, 5.74) is 2.57. The molecule has 0 fully saturated rings. The first-order chi connectivity index (χ1) is 17.1. The van der Waals surface area contributed by atoms with Crippen molar-refractivity contribution in [3.8, 4) is 5.75 Å². The molecule has 1 atom stereocenters. The summed E-state index contributed by atoms with van der Waals surface area (Å²) in [4.78, 5) is 32.7. The lowest BCUT2D eigenvalue weighted by Gasteiger charge is -2.27. The van der Waals surface area contributed by atoms with E-state index in [9.17, 15) is 14.7 Å². The molecule has 0 radical (unpaired) electrons. The van der Waals surface area contributed by atoms with Gasteiger partial charge in [-0.3, -0.25) is 14.6 Å². The number of benzene rings is 2. The lowest BCUT2D eigenvalue weighted by atomic mass is 9.95. The number of amides is 1. The molecule has 0 aliphatic carbocycles. The van der Waals surface area contributed by atoms with Crippen LogP contribution in [0, 0.1) is 0 Å². The van der Waals surface area contributed by atoms with E-state index in [1.165, 1.54) is 16.2 Å². The van der Waals surface area contributed by atoms with Crippen LogP contribution in [0.15, 0.2) is 108 Å². The molecule has 4 aromatic rings. The van der Waals surface area contributed by atoms with E-state index in [-0.39, 0.29) is 17.9 Å². The molecule has 2 aromatic heterocycles. The minimum Gasteiger partial charge on any atom is -0.503 e. The van der Waals surface area contributed by atoms with Crippen LogP contribution in [-0.4, -0.2) is 26.7 Å². The first-order valence-corrected chi connectivity index (χ1v) is 12.0. The standard InChI is InChI=1S/C28H22N2O4S/c31-26(23-12-6-14-35-23)24-25(30(28(33)27(24)32)17-20-9-5-13-29-16-20)21-10-4-11-22(15-21)34-18-19-7-2-1-3-8-19/h1-16,25,32H,17-18H2/t25-/m0/s1. The van der Waals surface area contributed by atoms with Crippen molar-refractivity contribution in [1.82, 2.24) is 9.88 Å². The Morgan fingerprint density at radius 1 is 1.00 bits per heavy atom. The van der Waals surface area contributed by atoms with Gasteiger partial charge in [0.2, 0.25) is 5.78 Å². The zero-order valence-electron chi connectivity index (χ0n) is 18.7. The molecule has 174 valence electrons. The molecule has 1 amide bonds. The zero-order valence-corrected chi connectivity index (χ0v) is 19.5. The van der Waals surface area contributed by atoms with E-state index in [4.69, 9.17) is 4.74 Å². The van der Waals surface area contributed by atoms with Crippen LogP contribution < -0.4 is 4.74 Å². The molecule has 5 rings (SSSR count). The molecule has 0 unspecified atom stereocenters. The molecule has 7 heteroatoms. The number of aromatic nitrogens is 1. The normalized spacial score (nSPS) is 15.5. The summed E-state index contributed by atoms with van der Waals surface area (Å²) in [6, 6.07) is 23.5. The highest BCUT2D eigenvalue weighted by Crippen LogP contribution is 2.41. The summed E-state index contributed by atoms with van der Waals surface area (Å²) in [5.74, 6) is -0.864. The van der Waals surface area contributed by atoms with Gasteiger partial charge in [-0.25, -0.2) is 0 Å². The van der Waals surface area contributed by atoms with E-state index >= 15 is 0 Å². The smallest absolute Gasteiger partial charge is 0.290 e. The minimum atomic E-state index is -0.766. The van der Waals surface area contributed by atoms with E-state index in [0.29, 0.717) is 22.8 Å². The molecule has 1 N–H and O–H groups in total. The minimum absolute atomic E-state index is 0.0709. The quantitative estimate of drug-likeness (QED) is 0.336. The van der Waals surface area contributed by atoms with Gasteiger partial charge < -0.3 is 14.7 Å². The highest BCUT2D eigenvalue weighted by molar-refractivity contribution is 7.12. The monoisotopic (exact) mass is 482 g/mol. The molecule has 0 saturated heterocycles. The molecule has 6 nitrogen and oxygen atoms in total. The summed E-state index contributed by atoms with van der Waals surface area (Å²) in [6.45, 7) is 0.576. The van der Waals surface area contributed by atoms with E-state index in [1.54, 1.807) is 36.0 Å². The van der Waals surface area contributed by atoms with Crippen LogP contribution in [0.2, 0.25) is 0 Å². The number of pyridine rings is 1. The molecule has 1 aliphatic rings. The van der Waals surface area contributed by atoms with Gasteiger partial charge in [-0.15, -0.1) is 11.3 Å². The van der Waals surface area contributed by atoms with Gasteiger partial charge in [-0.05, 0) is 46.3 Å². The van der Waals surface area contributed by atoms with Crippen molar-refractivity contribution in [1.29, 1.82) is 0 Å². The predicted octanol–water partition coefficient (Wildman–Crippen LogP) is 5.50. The number of aliphatic hydroxyl groups excluding tert-OH is 1. The summed E-state index contributed by atoms with van der Waals surface area (Å²) in [5, 5.41) is 12.6. The van der Waals surface area contributed by atoms with Gasteiger partial charge in [0.1, 0.15) is 12.4 Å². The highest BCUT2D eigenvalue weighted by Gasteiger charge is 2.44. The van der Waals surface area contributed by atoms with Gasteiger partial charge in [0.15, 0.2) is 5.76 Å². The average molecular weight is 483 g/mol.